The Labute approximate surface area is 66.0 Å². The first-order valence-corrected chi connectivity index (χ1v) is 3.53. The lowest BCUT2D eigenvalue weighted by molar-refractivity contribution is -0.150. The number of aliphatic hydroxyl groups is 1. The standard InChI is InChI=1S/C7H15NO3/c1-4(2)7(8,5(3)9)6(10)11/h4-5,9H,8H2,1-3H3,(H,10,11). The number of aliphatic hydroxyl groups excluding tert-OH is 1. The fourth-order valence-electron chi connectivity index (χ4n) is 0.908. The van der Waals surface area contributed by atoms with Crippen LogP contribution in [0.15, 0.2) is 0 Å². The Morgan fingerprint density at radius 2 is 1.82 bits per heavy atom. The van der Waals surface area contributed by atoms with Crippen LogP contribution in [-0.4, -0.2) is 27.8 Å². The Morgan fingerprint density at radius 3 is 1.82 bits per heavy atom. The van der Waals surface area contributed by atoms with Gasteiger partial charge in [0.1, 0.15) is 5.54 Å². The van der Waals surface area contributed by atoms with Gasteiger partial charge in [0, 0.05) is 0 Å². The fraction of sp³-hybridized carbons (Fsp3) is 0.857. The summed E-state index contributed by atoms with van der Waals surface area (Å²) in [6.07, 6.45) is -1.04. The first kappa shape index (κ1) is 10.4. The molecule has 0 radical (unpaired) electrons. The Hall–Kier alpha value is -0.610. The number of hydrogen-bond donors (Lipinski definition) is 3. The Kier molecular flexibility index (Phi) is 3.02. The van der Waals surface area contributed by atoms with Gasteiger partial charge in [-0.3, -0.25) is 4.79 Å². The molecule has 4 N–H and O–H groups in total. The molecule has 0 aliphatic rings. The smallest absolute Gasteiger partial charge is 0.326 e. The maximum atomic E-state index is 10.6. The second-order valence-electron chi connectivity index (χ2n) is 3.07. The van der Waals surface area contributed by atoms with E-state index in [2.05, 4.69) is 0 Å². The molecule has 0 aromatic carbocycles. The zero-order valence-electron chi connectivity index (χ0n) is 7.03. The largest absolute Gasteiger partial charge is 0.480 e. The summed E-state index contributed by atoms with van der Waals surface area (Å²) < 4.78 is 0. The van der Waals surface area contributed by atoms with Crippen molar-refractivity contribution in [2.75, 3.05) is 0 Å². The Bertz CT molecular complexity index is 146. The summed E-state index contributed by atoms with van der Waals surface area (Å²) in [5, 5.41) is 17.8. The van der Waals surface area contributed by atoms with Gasteiger partial charge in [-0.25, -0.2) is 0 Å². The molecule has 0 bridgehead atoms. The molecule has 0 aliphatic heterocycles. The third-order valence-corrected chi connectivity index (χ3v) is 2.02. The Balaban J connectivity index is 4.67. The maximum absolute atomic E-state index is 10.6. The predicted octanol–water partition coefficient (Wildman–Crippen LogP) is -0.195. The van der Waals surface area contributed by atoms with E-state index < -0.39 is 17.6 Å². The van der Waals surface area contributed by atoms with E-state index in [0.717, 1.165) is 0 Å². The highest BCUT2D eigenvalue weighted by Crippen LogP contribution is 2.18. The van der Waals surface area contributed by atoms with Gasteiger partial charge in [-0.2, -0.15) is 0 Å². The van der Waals surface area contributed by atoms with Crippen LogP contribution in [-0.2, 0) is 4.79 Å². The van der Waals surface area contributed by atoms with E-state index in [9.17, 15) is 4.79 Å². The fourth-order valence-corrected chi connectivity index (χ4v) is 0.908. The molecule has 0 aliphatic carbocycles. The molecular weight excluding hydrogens is 146 g/mol. The van der Waals surface area contributed by atoms with Crippen LogP contribution in [0.1, 0.15) is 20.8 Å². The van der Waals surface area contributed by atoms with Crippen molar-refractivity contribution in [2.45, 2.75) is 32.4 Å². The van der Waals surface area contributed by atoms with Crippen LogP contribution in [0.25, 0.3) is 0 Å². The molecule has 0 fully saturated rings. The number of carbonyl (C=O) groups is 1. The van der Waals surface area contributed by atoms with Crippen molar-refractivity contribution < 1.29 is 15.0 Å². The van der Waals surface area contributed by atoms with Gasteiger partial charge in [0.2, 0.25) is 0 Å². The van der Waals surface area contributed by atoms with E-state index >= 15 is 0 Å². The summed E-state index contributed by atoms with van der Waals surface area (Å²) >= 11 is 0. The minimum absolute atomic E-state index is 0.292. The van der Waals surface area contributed by atoms with Crippen molar-refractivity contribution >= 4 is 5.97 Å². The highest BCUT2D eigenvalue weighted by Gasteiger charge is 2.42. The van der Waals surface area contributed by atoms with Gasteiger partial charge in [0.25, 0.3) is 0 Å². The first-order valence-electron chi connectivity index (χ1n) is 3.53. The van der Waals surface area contributed by atoms with Gasteiger partial charge < -0.3 is 15.9 Å². The topological polar surface area (TPSA) is 83.6 Å². The molecule has 0 saturated heterocycles. The molecule has 2 atom stereocenters. The van der Waals surface area contributed by atoms with E-state index in [1.807, 2.05) is 0 Å². The predicted molar refractivity (Wildman–Crippen MR) is 41.1 cm³/mol. The lowest BCUT2D eigenvalue weighted by Gasteiger charge is -2.31. The zero-order chi connectivity index (χ0) is 9.23. The molecule has 0 heterocycles. The van der Waals surface area contributed by atoms with Crippen molar-refractivity contribution in [3.05, 3.63) is 0 Å². The first-order chi connectivity index (χ1) is 4.83. The van der Waals surface area contributed by atoms with E-state index in [1.165, 1.54) is 6.92 Å². The molecule has 0 aromatic heterocycles. The molecule has 4 nitrogen and oxygen atoms in total. The summed E-state index contributed by atoms with van der Waals surface area (Å²) in [6.45, 7) is 4.72. The number of rotatable bonds is 3. The quantitative estimate of drug-likeness (QED) is 0.535. The SMILES string of the molecule is CC(C)C(N)(C(=O)O)C(C)O. The number of aliphatic carboxylic acids is 1. The molecule has 0 saturated carbocycles. The summed E-state index contributed by atoms with van der Waals surface area (Å²) in [5.41, 5.74) is 3.95. The van der Waals surface area contributed by atoms with Gasteiger partial charge >= 0.3 is 5.97 Å². The van der Waals surface area contributed by atoms with Crippen molar-refractivity contribution in [3.8, 4) is 0 Å². The van der Waals surface area contributed by atoms with Crippen LogP contribution in [0.2, 0.25) is 0 Å². The Morgan fingerprint density at radius 1 is 1.45 bits per heavy atom. The summed E-state index contributed by atoms with van der Waals surface area (Å²) in [7, 11) is 0. The summed E-state index contributed by atoms with van der Waals surface area (Å²) in [6, 6.07) is 0. The van der Waals surface area contributed by atoms with E-state index in [4.69, 9.17) is 15.9 Å². The minimum Gasteiger partial charge on any atom is -0.480 e. The second kappa shape index (κ2) is 3.19. The summed E-state index contributed by atoms with van der Waals surface area (Å²) in [4.78, 5) is 10.6. The number of carboxylic acid groups (broad SMARTS) is 1. The number of hydrogen-bond acceptors (Lipinski definition) is 3. The highest BCUT2D eigenvalue weighted by molar-refractivity contribution is 5.79. The number of carboxylic acids is 1. The van der Waals surface area contributed by atoms with Crippen LogP contribution < -0.4 is 5.73 Å². The molecule has 4 heteroatoms. The molecule has 0 rings (SSSR count). The van der Waals surface area contributed by atoms with E-state index in [0.29, 0.717) is 0 Å². The van der Waals surface area contributed by atoms with Crippen LogP contribution in [0.4, 0.5) is 0 Å². The molecule has 0 aromatic rings. The molecule has 11 heavy (non-hydrogen) atoms. The van der Waals surface area contributed by atoms with E-state index in [1.54, 1.807) is 13.8 Å². The van der Waals surface area contributed by atoms with Gasteiger partial charge in [0.05, 0.1) is 6.10 Å². The lowest BCUT2D eigenvalue weighted by Crippen LogP contribution is -2.60. The minimum atomic E-state index is -1.53. The zero-order valence-corrected chi connectivity index (χ0v) is 7.03. The molecule has 66 valence electrons. The van der Waals surface area contributed by atoms with Crippen LogP contribution in [0, 0.1) is 5.92 Å². The van der Waals surface area contributed by atoms with Gasteiger partial charge in [-0.1, -0.05) is 13.8 Å². The van der Waals surface area contributed by atoms with Crippen LogP contribution in [0.5, 0.6) is 0 Å². The van der Waals surface area contributed by atoms with Gasteiger partial charge in [-0.05, 0) is 12.8 Å². The van der Waals surface area contributed by atoms with Gasteiger partial charge in [-0.15, -0.1) is 0 Å². The average Bonchev–Trinajstić information content (AvgIpc) is 1.84. The molecule has 0 amide bonds. The normalized spacial score (nSPS) is 19.5. The van der Waals surface area contributed by atoms with Crippen molar-refractivity contribution in [2.24, 2.45) is 11.7 Å². The van der Waals surface area contributed by atoms with Gasteiger partial charge in [0.15, 0.2) is 0 Å². The number of nitrogens with two attached hydrogens (primary N) is 1. The van der Waals surface area contributed by atoms with Crippen molar-refractivity contribution in [3.63, 3.8) is 0 Å². The second-order valence-corrected chi connectivity index (χ2v) is 3.07. The molecule has 0 spiro atoms. The average molecular weight is 161 g/mol. The van der Waals surface area contributed by atoms with Crippen molar-refractivity contribution in [1.29, 1.82) is 0 Å². The monoisotopic (exact) mass is 161 g/mol. The molecule has 2 unspecified atom stereocenters. The van der Waals surface area contributed by atoms with E-state index in [-0.39, 0.29) is 5.92 Å². The molecular formula is C7H15NO3. The third kappa shape index (κ3) is 1.70. The maximum Gasteiger partial charge on any atom is 0.326 e. The summed E-state index contributed by atoms with van der Waals surface area (Å²) in [5.74, 6) is -1.46. The van der Waals surface area contributed by atoms with Crippen LogP contribution in [0.3, 0.4) is 0 Å². The third-order valence-electron chi connectivity index (χ3n) is 2.02. The highest BCUT2D eigenvalue weighted by atomic mass is 16.4. The lowest BCUT2D eigenvalue weighted by atomic mass is 9.83. The van der Waals surface area contributed by atoms with Crippen LogP contribution >= 0.6 is 0 Å². The van der Waals surface area contributed by atoms with Crippen molar-refractivity contribution in [1.82, 2.24) is 0 Å².